The van der Waals surface area contributed by atoms with Crippen LogP contribution in [-0.4, -0.2) is 47.2 Å². The van der Waals surface area contributed by atoms with Crippen LogP contribution >= 0.6 is 23.2 Å². The van der Waals surface area contributed by atoms with Gasteiger partial charge in [-0.15, -0.1) is 0 Å². The van der Waals surface area contributed by atoms with Gasteiger partial charge in [0, 0.05) is 24.5 Å². The molecule has 10 heteroatoms. The Labute approximate surface area is 215 Å². The van der Waals surface area contributed by atoms with Crippen LogP contribution in [0.15, 0.2) is 71.6 Å². The maximum Gasteiger partial charge on any atom is 0.264 e. The van der Waals surface area contributed by atoms with E-state index in [9.17, 15) is 13.2 Å². The first-order chi connectivity index (χ1) is 16.7. The molecule has 1 heterocycles. The van der Waals surface area contributed by atoms with E-state index in [1.165, 1.54) is 30.3 Å². The second-order valence-electron chi connectivity index (χ2n) is 8.12. The van der Waals surface area contributed by atoms with Gasteiger partial charge in [-0.25, -0.2) is 8.42 Å². The van der Waals surface area contributed by atoms with Gasteiger partial charge in [0.05, 0.1) is 33.8 Å². The second kappa shape index (κ2) is 10.9. The summed E-state index contributed by atoms with van der Waals surface area (Å²) in [5, 5.41) is 3.26. The molecular weight excluding hydrogens is 509 g/mol. The predicted molar refractivity (Wildman–Crippen MR) is 140 cm³/mol. The number of halogens is 2. The third kappa shape index (κ3) is 6.08. The lowest BCUT2D eigenvalue weighted by Gasteiger charge is -2.29. The van der Waals surface area contributed by atoms with Crippen molar-refractivity contribution in [2.75, 3.05) is 47.4 Å². The van der Waals surface area contributed by atoms with Crippen molar-refractivity contribution in [1.82, 2.24) is 0 Å². The number of morpholine rings is 1. The molecule has 1 N–H and O–H groups in total. The van der Waals surface area contributed by atoms with Gasteiger partial charge in [-0.3, -0.25) is 9.10 Å². The van der Waals surface area contributed by atoms with Crippen LogP contribution in [-0.2, 0) is 19.6 Å². The van der Waals surface area contributed by atoms with Gasteiger partial charge in [0.15, 0.2) is 0 Å². The molecule has 0 aliphatic carbocycles. The van der Waals surface area contributed by atoms with Gasteiger partial charge in [0.25, 0.3) is 10.0 Å². The second-order valence-corrected chi connectivity index (χ2v) is 10.8. The minimum Gasteiger partial charge on any atom is -0.378 e. The predicted octanol–water partition coefficient (Wildman–Crippen LogP) is 4.97. The fourth-order valence-corrected chi connectivity index (χ4v) is 5.41. The third-order valence-electron chi connectivity index (χ3n) is 5.61. The summed E-state index contributed by atoms with van der Waals surface area (Å²) < 4.78 is 33.4. The molecular formula is C25H25Cl2N3O4S. The topological polar surface area (TPSA) is 79.0 Å². The van der Waals surface area contributed by atoms with Crippen molar-refractivity contribution in [3.8, 4) is 0 Å². The minimum atomic E-state index is -4.06. The van der Waals surface area contributed by atoms with Gasteiger partial charge in [-0.1, -0.05) is 40.9 Å². The summed E-state index contributed by atoms with van der Waals surface area (Å²) in [4.78, 5) is 15.2. The highest BCUT2D eigenvalue weighted by molar-refractivity contribution is 7.92. The van der Waals surface area contributed by atoms with E-state index in [1.807, 2.05) is 19.1 Å². The number of sulfonamides is 1. The monoisotopic (exact) mass is 533 g/mol. The van der Waals surface area contributed by atoms with Gasteiger partial charge < -0.3 is 15.0 Å². The highest BCUT2D eigenvalue weighted by Crippen LogP contribution is 2.30. The molecule has 0 saturated carbocycles. The molecule has 4 rings (SSSR count). The highest BCUT2D eigenvalue weighted by atomic mass is 35.5. The third-order valence-corrected chi connectivity index (χ3v) is 8.14. The van der Waals surface area contributed by atoms with Crippen LogP contribution < -0.4 is 14.5 Å². The molecule has 1 amide bonds. The molecule has 0 atom stereocenters. The number of carbonyl (C=O) groups excluding carboxylic acids is 1. The first-order valence-corrected chi connectivity index (χ1v) is 13.2. The molecule has 3 aromatic carbocycles. The first kappa shape index (κ1) is 25.3. The molecule has 1 aliphatic rings. The van der Waals surface area contributed by atoms with E-state index >= 15 is 0 Å². The van der Waals surface area contributed by atoms with Gasteiger partial charge >= 0.3 is 0 Å². The summed E-state index contributed by atoms with van der Waals surface area (Å²) in [6.07, 6.45) is 0. The van der Waals surface area contributed by atoms with E-state index in [2.05, 4.69) is 10.2 Å². The number of hydrogen-bond donors (Lipinski definition) is 1. The minimum absolute atomic E-state index is 0.0665. The average Bonchev–Trinajstić information content (AvgIpc) is 2.85. The number of rotatable bonds is 7. The fraction of sp³-hybridized carbons (Fsp3) is 0.240. The zero-order chi connectivity index (χ0) is 25.0. The van der Waals surface area contributed by atoms with Crippen LogP contribution in [0.2, 0.25) is 10.0 Å². The van der Waals surface area contributed by atoms with Crippen molar-refractivity contribution in [3.05, 3.63) is 82.3 Å². The molecule has 7 nitrogen and oxygen atoms in total. The Morgan fingerprint density at radius 2 is 1.63 bits per heavy atom. The van der Waals surface area contributed by atoms with Gasteiger partial charge in [-0.2, -0.15) is 0 Å². The number of amides is 1. The molecule has 0 bridgehead atoms. The van der Waals surface area contributed by atoms with Crippen LogP contribution in [0.1, 0.15) is 5.56 Å². The number of nitrogens with one attached hydrogen (secondary N) is 1. The molecule has 35 heavy (non-hydrogen) atoms. The highest BCUT2D eigenvalue weighted by Gasteiger charge is 2.28. The van der Waals surface area contributed by atoms with Gasteiger partial charge in [0.1, 0.15) is 6.54 Å². The summed E-state index contributed by atoms with van der Waals surface area (Å²) in [5.74, 6) is -0.495. The molecule has 0 radical (unpaired) electrons. The van der Waals surface area contributed by atoms with Crippen molar-refractivity contribution in [3.63, 3.8) is 0 Å². The Morgan fingerprint density at radius 1 is 0.971 bits per heavy atom. The number of ether oxygens (including phenoxy) is 1. The normalized spacial score (nSPS) is 14.0. The van der Waals surface area contributed by atoms with Crippen LogP contribution in [0.4, 0.5) is 17.1 Å². The van der Waals surface area contributed by atoms with E-state index in [0.717, 1.165) is 28.6 Å². The van der Waals surface area contributed by atoms with E-state index < -0.39 is 22.5 Å². The Balaban J connectivity index is 1.56. The fourth-order valence-electron chi connectivity index (χ4n) is 3.70. The molecule has 1 saturated heterocycles. The molecule has 1 fully saturated rings. The van der Waals surface area contributed by atoms with E-state index in [0.29, 0.717) is 18.9 Å². The lowest BCUT2D eigenvalue weighted by Crippen LogP contribution is -2.38. The standard InChI is InChI=1S/C25H25Cl2N3O4S/c1-18-2-9-22(10-3-18)35(32,33)30(21-8-11-23(26)24(27)16-21)17-25(31)28-19-4-6-20(7-5-19)29-12-14-34-15-13-29/h2-11,16H,12-15,17H2,1H3,(H,28,31). The number of nitrogens with zero attached hydrogens (tertiary/aromatic N) is 2. The zero-order valence-electron chi connectivity index (χ0n) is 19.1. The smallest absolute Gasteiger partial charge is 0.264 e. The maximum absolute atomic E-state index is 13.5. The van der Waals surface area contributed by atoms with Crippen molar-refractivity contribution in [2.45, 2.75) is 11.8 Å². The van der Waals surface area contributed by atoms with Crippen molar-refractivity contribution in [2.24, 2.45) is 0 Å². The van der Waals surface area contributed by atoms with Gasteiger partial charge in [-0.05, 0) is 61.5 Å². The first-order valence-electron chi connectivity index (χ1n) is 11.0. The summed E-state index contributed by atoms with van der Waals surface area (Å²) in [7, 11) is -4.06. The quantitative estimate of drug-likeness (QED) is 0.463. The number of anilines is 3. The van der Waals surface area contributed by atoms with E-state index in [-0.39, 0.29) is 20.6 Å². The number of carbonyl (C=O) groups is 1. The van der Waals surface area contributed by atoms with Crippen LogP contribution in [0.3, 0.4) is 0 Å². The Hall–Kier alpha value is -2.78. The van der Waals surface area contributed by atoms with Crippen LogP contribution in [0.5, 0.6) is 0 Å². The van der Waals surface area contributed by atoms with Crippen molar-refractivity contribution >= 4 is 56.2 Å². The van der Waals surface area contributed by atoms with Crippen molar-refractivity contribution < 1.29 is 17.9 Å². The summed E-state index contributed by atoms with van der Waals surface area (Å²) >= 11 is 12.2. The van der Waals surface area contributed by atoms with E-state index in [1.54, 1.807) is 24.3 Å². The molecule has 3 aromatic rings. The van der Waals surface area contributed by atoms with Gasteiger partial charge in [0.2, 0.25) is 5.91 Å². The summed E-state index contributed by atoms with van der Waals surface area (Å²) in [5.41, 5.74) is 2.75. The summed E-state index contributed by atoms with van der Waals surface area (Å²) in [6.45, 7) is 4.39. The Bertz CT molecular complexity index is 1290. The molecule has 0 spiro atoms. The van der Waals surface area contributed by atoms with Crippen LogP contribution in [0, 0.1) is 6.92 Å². The van der Waals surface area contributed by atoms with E-state index in [4.69, 9.17) is 27.9 Å². The number of hydrogen-bond acceptors (Lipinski definition) is 5. The molecule has 0 unspecified atom stereocenters. The average molecular weight is 534 g/mol. The Morgan fingerprint density at radius 3 is 2.26 bits per heavy atom. The number of aryl methyl sites for hydroxylation is 1. The molecule has 184 valence electrons. The van der Waals surface area contributed by atoms with Crippen LogP contribution in [0.25, 0.3) is 0 Å². The largest absolute Gasteiger partial charge is 0.378 e. The zero-order valence-corrected chi connectivity index (χ0v) is 21.4. The molecule has 1 aliphatic heterocycles. The lowest BCUT2D eigenvalue weighted by molar-refractivity contribution is -0.114. The SMILES string of the molecule is Cc1ccc(S(=O)(=O)N(CC(=O)Nc2ccc(N3CCOCC3)cc2)c2ccc(Cl)c(Cl)c2)cc1. The lowest BCUT2D eigenvalue weighted by atomic mass is 10.2. The maximum atomic E-state index is 13.5. The molecule has 0 aromatic heterocycles. The Kier molecular flexibility index (Phi) is 7.86. The summed E-state index contributed by atoms with van der Waals surface area (Å²) in [6, 6.07) is 18.3. The van der Waals surface area contributed by atoms with Crippen molar-refractivity contribution in [1.29, 1.82) is 0 Å². The number of benzene rings is 3.